The molecule has 0 fully saturated rings. The van der Waals surface area contributed by atoms with Crippen LogP contribution in [0, 0.1) is 0 Å². The van der Waals surface area contributed by atoms with Crippen LogP contribution >= 0.6 is 15.9 Å². The van der Waals surface area contributed by atoms with Gasteiger partial charge in [0, 0.05) is 10.7 Å². The van der Waals surface area contributed by atoms with E-state index in [-0.39, 0.29) is 0 Å². The molecule has 0 aliphatic carbocycles. The summed E-state index contributed by atoms with van der Waals surface area (Å²) in [5.74, 6) is 0.791. The number of halogens is 1. The highest BCUT2D eigenvalue weighted by Gasteiger charge is 2.01. The number of pyridine rings is 1. The van der Waals surface area contributed by atoms with Crippen LogP contribution in [0.5, 0.6) is 0 Å². The molecule has 0 aliphatic rings. The van der Waals surface area contributed by atoms with Crippen LogP contribution in [-0.2, 0) is 13.1 Å². The lowest BCUT2D eigenvalue weighted by atomic mass is 10.3. The number of rotatable bonds is 4. The van der Waals surface area contributed by atoms with Gasteiger partial charge >= 0.3 is 0 Å². The third-order valence-electron chi connectivity index (χ3n) is 2.03. The normalized spacial score (nSPS) is 10.6. The van der Waals surface area contributed by atoms with Crippen molar-refractivity contribution in [1.29, 1.82) is 0 Å². The molecule has 0 atom stereocenters. The van der Waals surface area contributed by atoms with E-state index in [4.69, 9.17) is 0 Å². The summed E-state index contributed by atoms with van der Waals surface area (Å²) in [6, 6.07) is 3.93. The van der Waals surface area contributed by atoms with Crippen molar-refractivity contribution in [1.82, 2.24) is 25.1 Å². The minimum atomic E-state index is 0.643. The lowest BCUT2D eigenvalue weighted by Gasteiger charge is -2.00. The van der Waals surface area contributed by atoms with Crippen LogP contribution in [0.1, 0.15) is 11.5 Å². The molecule has 2 heterocycles. The van der Waals surface area contributed by atoms with E-state index in [1.54, 1.807) is 17.2 Å². The smallest absolute Gasteiger partial charge is 0.164 e. The van der Waals surface area contributed by atoms with Gasteiger partial charge in [0.25, 0.3) is 0 Å². The molecule has 5 nitrogen and oxygen atoms in total. The molecule has 16 heavy (non-hydrogen) atoms. The Bertz CT molecular complexity index is 450. The van der Waals surface area contributed by atoms with Gasteiger partial charge in [0.1, 0.15) is 6.33 Å². The van der Waals surface area contributed by atoms with Crippen molar-refractivity contribution in [2.75, 3.05) is 7.05 Å². The maximum absolute atomic E-state index is 4.31. The Morgan fingerprint density at radius 2 is 2.25 bits per heavy atom. The fourth-order valence-electron chi connectivity index (χ4n) is 1.31. The van der Waals surface area contributed by atoms with Crippen LogP contribution in [-0.4, -0.2) is 26.8 Å². The Labute approximate surface area is 102 Å². The highest BCUT2D eigenvalue weighted by molar-refractivity contribution is 9.10. The summed E-state index contributed by atoms with van der Waals surface area (Å²) in [5, 5.41) is 7.32. The predicted molar refractivity (Wildman–Crippen MR) is 63.8 cm³/mol. The maximum Gasteiger partial charge on any atom is 0.164 e. The van der Waals surface area contributed by atoms with Crippen LogP contribution in [0.2, 0.25) is 0 Å². The molecule has 0 spiro atoms. The van der Waals surface area contributed by atoms with Crippen LogP contribution in [0.3, 0.4) is 0 Å². The minimum absolute atomic E-state index is 0.643. The van der Waals surface area contributed by atoms with Gasteiger partial charge in [0.05, 0.1) is 18.8 Å². The molecule has 6 heteroatoms. The molecule has 0 saturated carbocycles. The minimum Gasteiger partial charge on any atom is -0.313 e. The summed E-state index contributed by atoms with van der Waals surface area (Å²) < 4.78 is 2.76. The Hall–Kier alpha value is -1.27. The van der Waals surface area contributed by atoms with Crippen LogP contribution < -0.4 is 5.32 Å². The van der Waals surface area contributed by atoms with E-state index in [9.17, 15) is 0 Å². The second kappa shape index (κ2) is 5.18. The fourth-order valence-corrected chi connectivity index (χ4v) is 1.55. The number of hydrogen-bond acceptors (Lipinski definition) is 4. The fraction of sp³-hybridized carbons (Fsp3) is 0.300. The van der Waals surface area contributed by atoms with E-state index < -0.39 is 0 Å². The van der Waals surface area contributed by atoms with Crippen LogP contribution in [0.4, 0.5) is 0 Å². The van der Waals surface area contributed by atoms with Gasteiger partial charge in [0.2, 0.25) is 0 Å². The van der Waals surface area contributed by atoms with E-state index in [0.29, 0.717) is 13.1 Å². The average molecular weight is 282 g/mol. The van der Waals surface area contributed by atoms with Crippen LogP contribution in [0.15, 0.2) is 29.1 Å². The third kappa shape index (κ3) is 2.86. The van der Waals surface area contributed by atoms with E-state index in [1.807, 2.05) is 19.2 Å². The lowest BCUT2D eigenvalue weighted by molar-refractivity contribution is 0.648. The van der Waals surface area contributed by atoms with Crippen molar-refractivity contribution in [3.8, 4) is 0 Å². The molecule has 84 valence electrons. The van der Waals surface area contributed by atoms with Gasteiger partial charge < -0.3 is 5.32 Å². The second-order valence-corrected chi connectivity index (χ2v) is 4.27. The van der Waals surface area contributed by atoms with Crippen molar-refractivity contribution in [3.63, 3.8) is 0 Å². The number of hydrogen-bond donors (Lipinski definition) is 1. The monoisotopic (exact) mass is 281 g/mol. The summed E-state index contributed by atoms with van der Waals surface area (Å²) in [6.07, 6.45) is 3.50. The Morgan fingerprint density at radius 3 is 2.94 bits per heavy atom. The Balaban J connectivity index is 2.05. The second-order valence-electron chi connectivity index (χ2n) is 3.36. The predicted octanol–water partition coefficient (Wildman–Crippen LogP) is 1.20. The molecule has 0 bridgehead atoms. The highest BCUT2D eigenvalue weighted by atomic mass is 79.9. The van der Waals surface area contributed by atoms with Crippen molar-refractivity contribution in [2.45, 2.75) is 13.1 Å². The van der Waals surface area contributed by atoms with Gasteiger partial charge in [-0.2, -0.15) is 5.10 Å². The zero-order valence-electron chi connectivity index (χ0n) is 8.89. The first-order valence-electron chi connectivity index (χ1n) is 4.91. The van der Waals surface area contributed by atoms with Crippen molar-refractivity contribution >= 4 is 15.9 Å². The van der Waals surface area contributed by atoms with Crippen molar-refractivity contribution < 1.29 is 0 Å². The van der Waals surface area contributed by atoms with Gasteiger partial charge in [-0.05, 0) is 35.1 Å². The van der Waals surface area contributed by atoms with Crippen molar-refractivity contribution in [3.05, 3.63) is 40.6 Å². The largest absolute Gasteiger partial charge is 0.313 e. The van der Waals surface area contributed by atoms with Gasteiger partial charge in [-0.25, -0.2) is 9.67 Å². The number of aromatic nitrogens is 4. The molecule has 2 aromatic heterocycles. The van der Waals surface area contributed by atoms with Gasteiger partial charge in [-0.1, -0.05) is 0 Å². The van der Waals surface area contributed by atoms with Crippen LogP contribution in [0.25, 0.3) is 0 Å². The molecule has 0 aromatic carbocycles. The highest BCUT2D eigenvalue weighted by Crippen LogP contribution is 2.08. The summed E-state index contributed by atoms with van der Waals surface area (Å²) in [7, 11) is 1.87. The van der Waals surface area contributed by atoms with E-state index >= 15 is 0 Å². The number of nitrogens with zero attached hydrogens (tertiary/aromatic N) is 4. The zero-order valence-corrected chi connectivity index (χ0v) is 10.5. The summed E-state index contributed by atoms with van der Waals surface area (Å²) in [6.45, 7) is 1.32. The summed E-state index contributed by atoms with van der Waals surface area (Å²) in [4.78, 5) is 8.45. The van der Waals surface area contributed by atoms with E-state index in [1.165, 1.54) is 0 Å². The molecule has 0 saturated heterocycles. The Kier molecular flexibility index (Phi) is 3.63. The molecular formula is C10H12BrN5. The number of nitrogens with one attached hydrogen (secondary N) is 1. The first-order valence-corrected chi connectivity index (χ1v) is 5.70. The third-order valence-corrected chi connectivity index (χ3v) is 2.50. The molecule has 1 N–H and O–H groups in total. The lowest BCUT2D eigenvalue weighted by Crippen LogP contribution is -2.08. The van der Waals surface area contributed by atoms with Gasteiger partial charge in [-0.3, -0.25) is 4.98 Å². The molecule has 0 radical (unpaired) electrons. The molecular weight excluding hydrogens is 270 g/mol. The topological polar surface area (TPSA) is 55.6 Å². The zero-order chi connectivity index (χ0) is 11.4. The SMILES string of the molecule is CNCc1ncn(Cc2ccc(Br)cn2)n1. The van der Waals surface area contributed by atoms with E-state index in [2.05, 4.69) is 36.3 Å². The molecule has 2 aromatic rings. The molecule has 0 unspecified atom stereocenters. The summed E-state index contributed by atoms with van der Waals surface area (Å²) >= 11 is 3.35. The first-order chi connectivity index (χ1) is 7.78. The van der Waals surface area contributed by atoms with Gasteiger partial charge in [0.15, 0.2) is 5.82 Å². The van der Waals surface area contributed by atoms with E-state index in [0.717, 1.165) is 16.0 Å². The van der Waals surface area contributed by atoms with Crippen molar-refractivity contribution in [2.24, 2.45) is 0 Å². The van der Waals surface area contributed by atoms with Gasteiger partial charge in [-0.15, -0.1) is 0 Å². The Morgan fingerprint density at radius 1 is 1.38 bits per heavy atom. The average Bonchev–Trinajstić information content (AvgIpc) is 2.70. The maximum atomic E-state index is 4.31. The molecule has 2 rings (SSSR count). The standard InChI is InChI=1S/C10H12BrN5/c1-12-5-10-14-7-16(15-10)6-9-3-2-8(11)4-13-9/h2-4,7,12H,5-6H2,1H3. The molecule has 0 aliphatic heterocycles. The first kappa shape index (κ1) is 11.2. The molecule has 0 amide bonds. The quantitative estimate of drug-likeness (QED) is 0.915. The summed E-state index contributed by atoms with van der Waals surface area (Å²) in [5.41, 5.74) is 0.962.